The number of carbonyl (C=O) groups excluding carboxylic acids is 2. The highest BCUT2D eigenvalue weighted by Crippen LogP contribution is 2.50. The second-order valence-electron chi connectivity index (χ2n) is 8.42. The number of likely N-dealkylation sites (tertiary alicyclic amines) is 1. The van der Waals surface area contributed by atoms with Crippen molar-refractivity contribution in [2.45, 2.75) is 58.2 Å². The van der Waals surface area contributed by atoms with E-state index < -0.39 is 12.1 Å². The number of aromatic amines is 1. The first kappa shape index (κ1) is 18.8. The van der Waals surface area contributed by atoms with E-state index in [2.05, 4.69) is 23.3 Å². The zero-order valence-electron chi connectivity index (χ0n) is 16.9. The molecule has 150 valence electrons. The Morgan fingerprint density at radius 2 is 2.11 bits per heavy atom. The molecular formula is C21H28N4O3. The maximum absolute atomic E-state index is 13.5. The number of alkyl carbamates (subject to hydrolysis) is 1. The van der Waals surface area contributed by atoms with Gasteiger partial charge in [-0.05, 0) is 55.7 Å². The van der Waals surface area contributed by atoms with Gasteiger partial charge in [0.2, 0.25) is 5.91 Å². The standard InChI is InChI=1S/C21H28N4O3/c1-11(2)17(24-21(27)28-4)20(26)25-14-7-6-13(10-14)18(25)19-22-15-8-5-12(3)9-16(15)23-19/h5,8-9,11,13-14,17-18H,6-7,10H2,1-4H3,(H,22,23)(H,24,27)/t13-,14?,17-,18-/m0/s1. The molecule has 4 atom stereocenters. The molecule has 1 saturated heterocycles. The quantitative estimate of drug-likeness (QED) is 0.847. The predicted octanol–water partition coefficient (Wildman–Crippen LogP) is 3.30. The Morgan fingerprint density at radius 1 is 1.32 bits per heavy atom. The lowest BCUT2D eigenvalue weighted by Gasteiger charge is -2.37. The van der Waals surface area contributed by atoms with Crippen LogP contribution in [0.1, 0.15) is 50.5 Å². The van der Waals surface area contributed by atoms with Crippen molar-refractivity contribution in [2.75, 3.05) is 7.11 Å². The van der Waals surface area contributed by atoms with Crippen LogP contribution < -0.4 is 5.32 Å². The minimum atomic E-state index is -0.610. The number of amides is 2. The number of H-pyrrole nitrogens is 1. The highest BCUT2D eigenvalue weighted by molar-refractivity contribution is 5.87. The van der Waals surface area contributed by atoms with E-state index in [0.29, 0.717) is 5.92 Å². The van der Waals surface area contributed by atoms with Gasteiger partial charge in [0.25, 0.3) is 0 Å². The zero-order valence-corrected chi connectivity index (χ0v) is 16.9. The van der Waals surface area contributed by atoms with E-state index in [4.69, 9.17) is 9.72 Å². The second kappa shape index (κ2) is 7.11. The third-order valence-electron chi connectivity index (χ3n) is 6.17. The number of aryl methyl sites for hydroxylation is 1. The van der Waals surface area contributed by atoms with E-state index in [1.807, 2.05) is 30.9 Å². The molecule has 7 heteroatoms. The van der Waals surface area contributed by atoms with Gasteiger partial charge in [-0.25, -0.2) is 9.78 Å². The maximum atomic E-state index is 13.5. The molecule has 1 aromatic carbocycles. The first-order valence-corrected chi connectivity index (χ1v) is 10.0. The molecule has 0 radical (unpaired) electrons. The predicted molar refractivity (Wildman–Crippen MR) is 106 cm³/mol. The van der Waals surface area contributed by atoms with Crippen molar-refractivity contribution < 1.29 is 14.3 Å². The number of piperidine rings is 1. The van der Waals surface area contributed by atoms with Crippen LogP contribution in [0.2, 0.25) is 0 Å². The first-order chi connectivity index (χ1) is 13.4. The summed E-state index contributed by atoms with van der Waals surface area (Å²) in [7, 11) is 1.31. The Morgan fingerprint density at radius 3 is 2.82 bits per heavy atom. The molecule has 1 aliphatic heterocycles. The molecule has 2 N–H and O–H groups in total. The van der Waals surface area contributed by atoms with Gasteiger partial charge in [0.05, 0.1) is 24.2 Å². The number of carbonyl (C=O) groups is 2. The lowest BCUT2D eigenvalue weighted by molar-refractivity contribution is -0.139. The van der Waals surface area contributed by atoms with Crippen LogP contribution in [0.4, 0.5) is 4.79 Å². The lowest BCUT2D eigenvalue weighted by atomic mass is 9.95. The first-order valence-electron chi connectivity index (χ1n) is 10.0. The van der Waals surface area contributed by atoms with Crippen LogP contribution in [0.3, 0.4) is 0 Å². The summed E-state index contributed by atoms with van der Waals surface area (Å²) in [5, 5.41) is 2.73. The van der Waals surface area contributed by atoms with Crippen molar-refractivity contribution in [1.29, 1.82) is 0 Å². The number of methoxy groups -OCH3 is 1. The molecule has 28 heavy (non-hydrogen) atoms. The molecule has 2 fully saturated rings. The van der Waals surface area contributed by atoms with Crippen LogP contribution in [0, 0.1) is 18.8 Å². The molecule has 1 aromatic heterocycles. The van der Waals surface area contributed by atoms with Gasteiger partial charge in [-0.15, -0.1) is 0 Å². The summed E-state index contributed by atoms with van der Waals surface area (Å²) in [6, 6.07) is 5.67. The molecule has 2 bridgehead atoms. The molecule has 0 spiro atoms. The second-order valence-corrected chi connectivity index (χ2v) is 8.42. The van der Waals surface area contributed by atoms with E-state index in [0.717, 1.165) is 36.1 Å². The Labute approximate surface area is 164 Å². The SMILES string of the molecule is COC(=O)N[C@H](C(=O)N1C2CC[C@@H](C2)[C@H]1c1nc2ccc(C)cc2[nH]1)C(C)C. The van der Waals surface area contributed by atoms with E-state index >= 15 is 0 Å². The van der Waals surface area contributed by atoms with Gasteiger partial charge < -0.3 is 19.9 Å². The Bertz CT molecular complexity index is 906. The molecule has 1 saturated carbocycles. The highest BCUT2D eigenvalue weighted by Gasteiger charge is 2.51. The third-order valence-corrected chi connectivity index (χ3v) is 6.17. The van der Waals surface area contributed by atoms with Crippen molar-refractivity contribution >= 4 is 23.0 Å². The summed E-state index contributed by atoms with van der Waals surface area (Å²) in [5.41, 5.74) is 3.09. The number of nitrogens with one attached hydrogen (secondary N) is 2. The number of hydrogen-bond donors (Lipinski definition) is 2. The molecule has 2 heterocycles. The number of ether oxygens (including phenoxy) is 1. The zero-order chi connectivity index (χ0) is 20.0. The van der Waals surface area contributed by atoms with Crippen molar-refractivity contribution in [3.8, 4) is 0 Å². The Balaban J connectivity index is 1.67. The number of hydrogen-bond acceptors (Lipinski definition) is 4. The van der Waals surface area contributed by atoms with Crippen LogP contribution in [-0.4, -0.2) is 46.1 Å². The number of imidazole rings is 1. The molecule has 2 amide bonds. The van der Waals surface area contributed by atoms with E-state index in [1.165, 1.54) is 12.7 Å². The van der Waals surface area contributed by atoms with Crippen LogP contribution in [0.15, 0.2) is 18.2 Å². The van der Waals surface area contributed by atoms with Gasteiger partial charge in [-0.2, -0.15) is 0 Å². The van der Waals surface area contributed by atoms with Crippen LogP contribution in [0.5, 0.6) is 0 Å². The number of benzene rings is 1. The number of aromatic nitrogens is 2. The molecule has 7 nitrogen and oxygen atoms in total. The van der Waals surface area contributed by atoms with Gasteiger partial charge >= 0.3 is 6.09 Å². The average molecular weight is 384 g/mol. The molecule has 1 unspecified atom stereocenters. The minimum absolute atomic E-state index is 0.0373. The van der Waals surface area contributed by atoms with Gasteiger partial charge in [0.15, 0.2) is 0 Å². The smallest absolute Gasteiger partial charge is 0.407 e. The van der Waals surface area contributed by atoms with Crippen LogP contribution in [-0.2, 0) is 9.53 Å². The summed E-state index contributed by atoms with van der Waals surface area (Å²) in [5.74, 6) is 1.17. The maximum Gasteiger partial charge on any atom is 0.407 e. The molecule has 2 aromatic rings. The monoisotopic (exact) mass is 384 g/mol. The minimum Gasteiger partial charge on any atom is -0.453 e. The van der Waals surface area contributed by atoms with Gasteiger partial charge in [-0.3, -0.25) is 4.79 Å². The van der Waals surface area contributed by atoms with Gasteiger partial charge in [-0.1, -0.05) is 19.9 Å². The normalized spacial score (nSPS) is 24.8. The van der Waals surface area contributed by atoms with Crippen molar-refractivity contribution in [3.63, 3.8) is 0 Å². The summed E-state index contributed by atoms with van der Waals surface area (Å²) in [4.78, 5) is 35.5. The summed E-state index contributed by atoms with van der Waals surface area (Å²) in [6.45, 7) is 5.93. The van der Waals surface area contributed by atoms with Gasteiger partial charge in [0, 0.05) is 6.04 Å². The fraction of sp³-hybridized carbons (Fsp3) is 0.571. The van der Waals surface area contributed by atoms with E-state index in [9.17, 15) is 9.59 Å². The van der Waals surface area contributed by atoms with E-state index in [-0.39, 0.29) is 23.9 Å². The molecule has 4 rings (SSSR count). The summed E-state index contributed by atoms with van der Waals surface area (Å²) in [6.07, 6.45) is 2.53. The van der Waals surface area contributed by atoms with Crippen LogP contribution >= 0.6 is 0 Å². The van der Waals surface area contributed by atoms with Crippen molar-refractivity contribution in [1.82, 2.24) is 20.2 Å². The van der Waals surface area contributed by atoms with Crippen molar-refractivity contribution in [3.05, 3.63) is 29.6 Å². The van der Waals surface area contributed by atoms with Crippen molar-refractivity contribution in [2.24, 2.45) is 11.8 Å². The fourth-order valence-electron chi connectivity index (χ4n) is 4.80. The third kappa shape index (κ3) is 3.12. The Hall–Kier alpha value is -2.57. The summed E-state index contributed by atoms with van der Waals surface area (Å²) >= 11 is 0. The largest absolute Gasteiger partial charge is 0.453 e. The Kier molecular flexibility index (Phi) is 4.77. The molecule has 2 aliphatic rings. The molecular weight excluding hydrogens is 356 g/mol. The summed E-state index contributed by atoms with van der Waals surface area (Å²) < 4.78 is 4.73. The number of rotatable bonds is 4. The van der Waals surface area contributed by atoms with E-state index in [1.54, 1.807) is 0 Å². The number of fused-ring (bicyclic) bond motifs is 3. The number of nitrogens with zero attached hydrogens (tertiary/aromatic N) is 2. The topological polar surface area (TPSA) is 87.3 Å². The fourth-order valence-corrected chi connectivity index (χ4v) is 4.80. The highest BCUT2D eigenvalue weighted by atomic mass is 16.5. The van der Waals surface area contributed by atoms with Crippen LogP contribution in [0.25, 0.3) is 11.0 Å². The lowest BCUT2D eigenvalue weighted by Crippen LogP contribution is -2.54. The average Bonchev–Trinajstić information content (AvgIpc) is 3.37. The van der Waals surface area contributed by atoms with Gasteiger partial charge in [0.1, 0.15) is 11.9 Å². The molecule has 1 aliphatic carbocycles.